The lowest BCUT2D eigenvalue weighted by Gasteiger charge is -2.07. The minimum absolute atomic E-state index is 0.0855. The summed E-state index contributed by atoms with van der Waals surface area (Å²) in [4.78, 5) is 0.264. The molecule has 4 N–H and O–H groups in total. The summed E-state index contributed by atoms with van der Waals surface area (Å²) >= 11 is 0. The maximum Gasteiger partial charge on any atom is 0.268 e. The molecular weight excluding hydrogens is 374 g/mol. The SMILES string of the molecule is CC(/C=N/N=C(N)N)CCc1cn(S(=O)(=O)c2ccccc2)c2ccccc12. The predicted molar refractivity (Wildman–Crippen MR) is 113 cm³/mol. The summed E-state index contributed by atoms with van der Waals surface area (Å²) in [5, 5.41) is 8.37. The molecule has 0 aliphatic carbocycles. The van der Waals surface area contributed by atoms with Gasteiger partial charge in [0.2, 0.25) is 5.96 Å². The largest absolute Gasteiger partial charge is 0.369 e. The van der Waals surface area contributed by atoms with Gasteiger partial charge in [-0.15, -0.1) is 5.10 Å². The topological polar surface area (TPSA) is 116 Å². The highest BCUT2D eigenvalue weighted by Gasteiger charge is 2.20. The molecular formula is C20H23N5O2S. The van der Waals surface area contributed by atoms with E-state index in [1.807, 2.05) is 31.2 Å². The first kappa shape index (κ1) is 19.6. The number of nitrogens with zero attached hydrogens (tertiary/aromatic N) is 3. The van der Waals surface area contributed by atoms with Gasteiger partial charge in [-0.25, -0.2) is 12.4 Å². The Morgan fingerprint density at radius 2 is 1.79 bits per heavy atom. The van der Waals surface area contributed by atoms with Crippen molar-refractivity contribution in [3.63, 3.8) is 0 Å². The van der Waals surface area contributed by atoms with E-state index in [0.29, 0.717) is 11.9 Å². The number of benzene rings is 2. The first-order valence-electron chi connectivity index (χ1n) is 8.91. The summed E-state index contributed by atoms with van der Waals surface area (Å²) in [6.07, 6.45) is 4.88. The quantitative estimate of drug-likeness (QED) is 0.362. The van der Waals surface area contributed by atoms with Gasteiger partial charge in [0, 0.05) is 17.8 Å². The molecule has 28 heavy (non-hydrogen) atoms. The van der Waals surface area contributed by atoms with Crippen LogP contribution in [0, 0.1) is 5.92 Å². The van der Waals surface area contributed by atoms with Gasteiger partial charge in [0.1, 0.15) is 0 Å². The van der Waals surface area contributed by atoms with E-state index in [1.54, 1.807) is 42.7 Å². The van der Waals surface area contributed by atoms with Crippen LogP contribution in [-0.2, 0) is 16.4 Å². The highest BCUT2D eigenvalue weighted by atomic mass is 32.2. The molecule has 1 atom stereocenters. The Bertz CT molecular complexity index is 1110. The zero-order valence-electron chi connectivity index (χ0n) is 15.6. The van der Waals surface area contributed by atoms with Crippen molar-refractivity contribution in [3.05, 3.63) is 66.4 Å². The van der Waals surface area contributed by atoms with Crippen LogP contribution in [0.2, 0.25) is 0 Å². The molecule has 0 radical (unpaired) electrons. The van der Waals surface area contributed by atoms with Crippen LogP contribution in [0.4, 0.5) is 0 Å². The van der Waals surface area contributed by atoms with Gasteiger partial charge in [-0.05, 0) is 42.5 Å². The lowest BCUT2D eigenvalue weighted by molar-refractivity contribution is 0.589. The standard InChI is InChI=1S/C20H23N5O2S/c1-15(13-23-24-20(21)22)11-12-16-14-25(19-10-6-5-9-18(16)19)28(26,27)17-7-3-2-4-8-17/h2-10,13-15H,11-12H2,1H3,(H4,21,22,24)/b23-13+. The molecule has 1 heterocycles. The lowest BCUT2D eigenvalue weighted by atomic mass is 10.0. The predicted octanol–water partition coefficient (Wildman–Crippen LogP) is 2.71. The van der Waals surface area contributed by atoms with Crippen molar-refractivity contribution in [2.24, 2.45) is 27.6 Å². The van der Waals surface area contributed by atoms with E-state index in [-0.39, 0.29) is 16.8 Å². The lowest BCUT2D eigenvalue weighted by Crippen LogP contribution is -2.21. The van der Waals surface area contributed by atoms with E-state index >= 15 is 0 Å². The number of hydrogen-bond acceptors (Lipinski definition) is 4. The molecule has 0 saturated carbocycles. The molecule has 0 saturated heterocycles. The van der Waals surface area contributed by atoms with Crippen LogP contribution < -0.4 is 11.5 Å². The summed E-state index contributed by atoms with van der Waals surface area (Å²) in [6, 6.07) is 16.0. The summed E-state index contributed by atoms with van der Waals surface area (Å²) in [7, 11) is -3.66. The van der Waals surface area contributed by atoms with Crippen molar-refractivity contribution in [3.8, 4) is 0 Å². The highest BCUT2D eigenvalue weighted by Crippen LogP contribution is 2.27. The highest BCUT2D eigenvalue weighted by molar-refractivity contribution is 7.90. The monoisotopic (exact) mass is 397 g/mol. The maximum absolute atomic E-state index is 13.1. The maximum atomic E-state index is 13.1. The van der Waals surface area contributed by atoms with E-state index in [4.69, 9.17) is 11.5 Å². The molecule has 7 nitrogen and oxygen atoms in total. The molecule has 3 aromatic rings. The second kappa shape index (κ2) is 8.26. The number of para-hydroxylation sites is 1. The Kier molecular flexibility index (Phi) is 5.79. The Labute approximate surface area is 164 Å². The van der Waals surface area contributed by atoms with E-state index in [0.717, 1.165) is 17.4 Å². The van der Waals surface area contributed by atoms with E-state index in [1.165, 1.54) is 3.97 Å². The molecule has 0 spiro atoms. The Morgan fingerprint density at radius 1 is 1.11 bits per heavy atom. The van der Waals surface area contributed by atoms with Crippen LogP contribution in [0.25, 0.3) is 10.9 Å². The average Bonchev–Trinajstić information content (AvgIpc) is 3.06. The van der Waals surface area contributed by atoms with E-state index < -0.39 is 10.0 Å². The van der Waals surface area contributed by atoms with Crippen LogP contribution in [0.3, 0.4) is 0 Å². The number of aryl methyl sites for hydroxylation is 1. The van der Waals surface area contributed by atoms with Crippen LogP contribution in [0.5, 0.6) is 0 Å². The van der Waals surface area contributed by atoms with E-state index in [9.17, 15) is 8.42 Å². The van der Waals surface area contributed by atoms with Gasteiger partial charge in [0.25, 0.3) is 10.0 Å². The molecule has 1 aromatic heterocycles. The van der Waals surface area contributed by atoms with Crippen LogP contribution >= 0.6 is 0 Å². The van der Waals surface area contributed by atoms with Gasteiger partial charge in [0.05, 0.1) is 10.4 Å². The number of aromatic nitrogens is 1. The number of nitrogens with two attached hydrogens (primary N) is 2. The van der Waals surface area contributed by atoms with Crippen LogP contribution in [0.15, 0.2) is 75.9 Å². The molecule has 0 amide bonds. The molecule has 0 fully saturated rings. The normalized spacial score (nSPS) is 13.0. The minimum Gasteiger partial charge on any atom is -0.369 e. The van der Waals surface area contributed by atoms with Crippen molar-refractivity contribution < 1.29 is 8.42 Å². The number of guanidine groups is 1. The zero-order valence-corrected chi connectivity index (χ0v) is 16.4. The summed E-state index contributed by atoms with van der Waals surface area (Å²) in [5.41, 5.74) is 12.1. The minimum atomic E-state index is -3.66. The summed E-state index contributed by atoms with van der Waals surface area (Å²) in [5.74, 6) is 0.0496. The van der Waals surface area contributed by atoms with Crippen molar-refractivity contribution in [1.82, 2.24) is 3.97 Å². The van der Waals surface area contributed by atoms with Gasteiger partial charge in [0.15, 0.2) is 0 Å². The fourth-order valence-corrected chi connectivity index (χ4v) is 4.41. The molecule has 0 aliphatic heterocycles. The third kappa shape index (κ3) is 4.23. The zero-order chi connectivity index (χ0) is 20.1. The van der Waals surface area contributed by atoms with Crippen LogP contribution in [0.1, 0.15) is 18.9 Å². The van der Waals surface area contributed by atoms with Crippen molar-refractivity contribution in [1.29, 1.82) is 0 Å². The van der Waals surface area contributed by atoms with Crippen molar-refractivity contribution >= 4 is 33.1 Å². The number of hydrogen-bond donors (Lipinski definition) is 2. The van der Waals surface area contributed by atoms with Gasteiger partial charge in [-0.3, -0.25) is 0 Å². The molecule has 146 valence electrons. The van der Waals surface area contributed by atoms with E-state index in [2.05, 4.69) is 10.2 Å². The molecule has 8 heteroatoms. The first-order chi connectivity index (χ1) is 13.4. The van der Waals surface area contributed by atoms with Crippen molar-refractivity contribution in [2.45, 2.75) is 24.7 Å². The van der Waals surface area contributed by atoms with Gasteiger partial charge >= 0.3 is 0 Å². The Hall–Kier alpha value is -3.13. The molecule has 3 rings (SSSR count). The molecule has 0 aliphatic rings. The molecule has 1 unspecified atom stereocenters. The second-order valence-electron chi connectivity index (χ2n) is 6.59. The number of fused-ring (bicyclic) bond motifs is 1. The first-order valence-corrected chi connectivity index (χ1v) is 10.4. The second-order valence-corrected chi connectivity index (χ2v) is 8.41. The van der Waals surface area contributed by atoms with Gasteiger partial charge in [-0.2, -0.15) is 5.10 Å². The smallest absolute Gasteiger partial charge is 0.268 e. The Balaban J connectivity index is 1.92. The van der Waals surface area contributed by atoms with Crippen molar-refractivity contribution in [2.75, 3.05) is 0 Å². The fourth-order valence-electron chi connectivity index (χ4n) is 2.99. The van der Waals surface area contributed by atoms with Gasteiger partial charge < -0.3 is 11.5 Å². The molecule has 2 aromatic carbocycles. The van der Waals surface area contributed by atoms with Gasteiger partial charge in [-0.1, -0.05) is 43.3 Å². The fraction of sp³-hybridized carbons (Fsp3) is 0.200. The number of rotatable bonds is 7. The average molecular weight is 398 g/mol. The third-order valence-electron chi connectivity index (χ3n) is 4.42. The summed E-state index contributed by atoms with van der Waals surface area (Å²) in [6.45, 7) is 2.01. The van der Waals surface area contributed by atoms with Crippen LogP contribution in [-0.4, -0.2) is 24.6 Å². The third-order valence-corrected chi connectivity index (χ3v) is 6.11. The Morgan fingerprint density at radius 3 is 2.50 bits per heavy atom. The molecule has 0 bridgehead atoms. The summed E-state index contributed by atoms with van der Waals surface area (Å²) < 4.78 is 27.6.